The molecule has 23 heavy (non-hydrogen) atoms. The highest BCUT2D eigenvalue weighted by Gasteiger charge is 2.46. The van der Waals surface area contributed by atoms with Gasteiger partial charge in [0.15, 0.2) is 0 Å². The molecule has 0 heterocycles. The number of nitrogens with zero attached hydrogens (tertiary/aromatic N) is 1. The summed E-state index contributed by atoms with van der Waals surface area (Å²) in [7, 11) is 0. The summed E-state index contributed by atoms with van der Waals surface area (Å²) in [6.07, 6.45) is 2.22. The number of aliphatic hydroxyl groups is 1. The van der Waals surface area contributed by atoms with Gasteiger partial charge in [-0.3, -0.25) is 10.1 Å². The molecular formula is C17H23NO5. The molecule has 0 spiro atoms. The first-order valence-corrected chi connectivity index (χ1v) is 7.93. The molecule has 0 amide bonds. The first kappa shape index (κ1) is 17.4. The van der Waals surface area contributed by atoms with Crippen LogP contribution < -0.4 is 0 Å². The van der Waals surface area contributed by atoms with E-state index in [0.717, 1.165) is 12.8 Å². The average molecular weight is 321 g/mol. The number of hydrogen-bond acceptors (Lipinski definition) is 5. The number of carbonyl (C=O) groups excluding carboxylic acids is 1. The number of non-ortho nitro benzene ring substituents is 1. The Hall–Kier alpha value is -1.95. The fourth-order valence-corrected chi connectivity index (χ4v) is 3.35. The van der Waals surface area contributed by atoms with E-state index in [1.54, 1.807) is 0 Å². The van der Waals surface area contributed by atoms with Gasteiger partial charge >= 0.3 is 5.97 Å². The lowest BCUT2D eigenvalue weighted by Gasteiger charge is -2.43. The summed E-state index contributed by atoms with van der Waals surface area (Å²) >= 11 is 0. The van der Waals surface area contributed by atoms with Crippen LogP contribution in [0.1, 0.15) is 50.4 Å². The molecule has 2 rings (SSSR count). The van der Waals surface area contributed by atoms with Crippen LogP contribution >= 0.6 is 0 Å². The number of ether oxygens (including phenoxy) is 1. The highest BCUT2D eigenvalue weighted by molar-refractivity contribution is 5.89. The molecule has 1 saturated carbocycles. The summed E-state index contributed by atoms with van der Waals surface area (Å²) < 4.78 is 5.46. The van der Waals surface area contributed by atoms with Gasteiger partial charge in [0.2, 0.25) is 5.79 Å². The molecule has 0 bridgehead atoms. The van der Waals surface area contributed by atoms with Crippen LogP contribution in [0.25, 0.3) is 0 Å². The fraction of sp³-hybridized carbons (Fsp3) is 0.588. The minimum Gasteiger partial charge on any atom is -0.429 e. The average Bonchev–Trinajstić information content (AvgIpc) is 2.46. The maximum absolute atomic E-state index is 12.3. The van der Waals surface area contributed by atoms with E-state index in [4.69, 9.17) is 4.74 Å². The zero-order chi connectivity index (χ0) is 17.2. The van der Waals surface area contributed by atoms with Gasteiger partial charge in [-0.25, -0.2) is 4.79 Å². The molecule has 3 atom stereocenters. The Morgan fingerprint density at radius 3 is 2.48 bits per heavy atom. The number of nitro benzene ring substituents is 1. The van der Waals surface area contributed by atoms with E-state index in [1.165, 1.54) is 24.3 Å². The Bertz CT molecular complexity index is 583. The topological polar surface area (TPSA) is 89.7 Å². The Labute approximate surface area is 135 Å². The first-order valence-electron chi connectivity index (χ1n) is 7.93. The second-order valence-electron chi connectivity index (χ2n) is 6.78. The lowest BCUT2D eigenvalue weighted by atomic mass is 9.73. The van der Waals surface area contributed by atoms with Crippen molar-refractivity contribution >= 4 is 11.7 Å². The van der Waals surface area contributed by atoms with Crippen molar-refractivity contribution in [2.45, 2.75) is 45.8 Å². The lowest BCUT2D eigenvalue weighted by Crippen LogP contribution is -2.48. The van der Waals surface area contributed by atoms with Gasteiger partial charge in [-0.05, 0) is 36.8 Å². The quantitative estimate of drug-likeness (QED) is 0.396. The fourth-order valence-electron chi connectivity index (χ4n) is 3.35. The number of nitro groups is 1. The third-order valence-electron chi connectivity index (χ3n) is 4.58. The van der Waals surface area contributed by atoms with Crippen molar-refractivity contribution < 1.29 is 19.6 Å². The molecule has 1 fully saturated rings. The highest BCUT2D eigenvalue weighted by atomic mass is 16.7. The van der Waals surface area contributed by atoms with Crippen molar-refractivity contribution in [2.24, 2.45) is 17.8 Å². The molecule has 0 aliphatic heterocycles. The molecule has 1 aromatic rings. The molecule has 1 N–H and O–H groups in total. The monoisotopic (exact) mass is 321 g/mol. The van der Waals surface area contributed by atoms with E-state index in [-0.39, 0.29) is 29.0 Å². The third-order valence-corrected chi connectivity index (χ3v) is 4.58. The molecule has 1 aliphatic carbocycles. The van der Waals surface area contributed by atoms with E-state index in [0.29, 0.717) is 6.42 Å². The van der Waals surface area contributed by atoms with Crippen molar-refractivity contribution in [1.82, 2.24) is 0 Å². The van der Waals surface area contributed by atoms with Gasteiger partial charge in [0.25, 0.3) is 5.69 Å². The minimum absolute atomic E-state index is 0.0911. The van der Waals surface area contributed by atoms with Crippen LogP contribution in [-0.2, 0) is 4.74 Å². The summed E-state index contributed by atoms with van der Waals surface area (Å²) in [5, 5.41) is 21.5. The van der Waals surface area contributed by atoms with E-state index in [1.807, 2.05) is 20.8 Å². The summed E-state index contributed by atoms with van der Waals surface area (Å²) in [6.45, 7) is 6.04. The summed E-state index contributed by atoms with van der Waals surface area (Å²) in [5.41, 5.74) is 0.108. The van der Waals surface area contributed by atoms with Crippen LogP contribution in [0.3, 0.4) is 0 Å². The molecule has 126 valence electrons. The molecule has 6 heteroatoms. The zero-order valence-electron chi connectivity index (χ0n) is 13.7. The van der Waals surface area contributed by atoms with Crippen molar-refractivity contribution in [1.29, 1.82) is 0 Å². The van der Waals surface area contributed by atoms with Crippen LogP contribution in [0.15, 0.2) is 24.3 Å². The van der Waals surface area contributed by atoms with Gasteiger partial charge in [-0.2, -0.15) is 0 Å². The Morgan fingerprint density at radius 2 is 1.96 bits per heavy atom. The number of rotatable bonds is 4. The molecule has 1 aromatic carbocycles. The second-order valence-corrected chi connectivity index (χ2v) is 6.78. The Kier molecular flexibility index (Phi) is 5.04. The lowest BCUT2D eigenvalue weighted by molar-refractivity contribution is -0.384. The second kappa shape index (κ2) is 6.66. The van der Waals surface area contributed by atoms with Crippen LogP contribution in [0.5, 0.6) is 0 Å². The summed E-state index contributed by atoms with van der Waals surface area (Å²) in [4.78, 5) is 22.4. The molecule has 0 unspecified atom stereocenters. The van der Waals surface area contributed by atoms with Crippen molar-refractivity contribution in [3.05, 3.63) is 39.9 Å². The van der Waals surface area contributed by atoms with Gasteiger partial charge in [-0.15, -0.1) is 0 Å². The normalized spacial score (nSPS) is 27.7. The predicted octanol–water partition coefficient (Wildman–Crippen LogP) is 3.53. The van der Waals surface area contributed by atoms with Crippen LogP contribution in [0, 0.1) is 27.9 Å². The van der Waals surface area contributed by atoms with Crippen LogP contribution in [0.4, 0.5) is 5.69 Å². The van der Waals surface area contributed by atoms with Gasteiger partial charge in [0, 0.05) is 24.5 Å². The highest BCUT2D eigenvalue weighted by Crippen LogP contribution is 2.42. The van der Waals surface area contributed by atoms with Crippen molar-refractivity contribution in [3.63, 3.8) is 0 Å². The van der Waals surface area contributed by atoms with Crippen molar-refractivity contribution in [2.75, 3.05) is 0 Å². The Balaban J connectivity index is 2.17. The maximum atomic E-state index is 12.3. The minimum atomic E-state index is -1.48. The Morgan fingerprint density at radius 1 is 1.35 bits per heavy atom. The van der Waals surface area contributed by atoms with E-state index in [9.17, 15) is 20.0 Å². The number of hydrogen-bond donors (Lipinski definition) is 1. The smallest absolute Gasteiger partial charge is 0.340 e. The van der Waals surface area contributed by atoms with Gasteiger partial charge in [0.05, 0.1) is 10.5 Å². The summed E-state index contributed by atoms with van der Waals surface area (Å²) in [5.74, 6) is -1.77. The largest absolute Gasteiger partial charge is 0.429 e. The SMILES string of the molecule is CC(C)[C@@H]1CC[C@@H](C)C[C@]1(O)OC(=O)c1ccc([N+](=O)[O-])cc1. The van der Waals surface area contributed by atoms with Gasteiger partial charge in [0.1, 0.15) is 0 Å². The molecule has 0 aromatic heterocycles. The number of carbonyl (C=O) groups is 1. The number of esters is 1. The number of benzene rings is 1. The maximum Gasteiger partial charge on any atom is 0.340 e. The van der Waals surface area contributed by atoms with Crippen LogP contribution in [-0.4, -0.2) is 21.8 Å². The summed E-state index contributed by atoms with van der Waals surface area (Å²) in [6, 6.07) is 5.20. The molecule has 0 radical (unpaired) electrons. The standard InChI is InChI=1S/C17H23NO5/c1-11(2)15-9-4-12(3)10-17(15,20)23-16(19)13-5-7-14(8-6-13)18(21)22/h5-8,11-12,15,20H,4,9-10H2,1-3H3/t12-,15+,17+/m1/s1. The molecule has 6 nitrogen and oxygen atoms in total. The van der Waals surface area contributed by atoms with Gasteiger partial charge < -0.3 is 9.84 Å². The van der Waals surface area contributed by atoms with Crippen LogP contribution in [0.2, 0.25) is 0 Å². The van der Waals surface area contributed by atoms with Gasteiger partial charge in [-0.1, -0.05) is 20.8 Å². The predicted molar refractivity (Wildman–Crippen MR) is 84.8 cm³/mol. The third kappa shape index (κ3) is 3.88. The zero-order valence-corrected chi connectivity index (χ0v) is 13.7. The molecular weight excluding hydrogens is 298 g/mol. The van der Waals surface area contributed by atoms with Crippen molar-refractivity contribution in [3.8, 4) is 0 Å². The first-order chi connectivity index (χ1) is 10.7. The van der Waals surface area contributed by atoms with E-state index in [2.05, 4.69) is 0 Å². The van der Waals surface area contributed by atoms with E-state index >= 15 is 0 Å². The van der Waals surface area contributed by atoms with E-state index < -0.39 is 16.7 Å². The molecule has 0 saturated heterocycles. The molecule has 1 aliphatic rings.